The van der Waals surface area contributed by atoms with Gasteiger partial charge in [-0.15, -0.1) is 0 Å². The van der Waals surface area contributed by atoms with E-state index in [0.717, 1.165) is 0 Å². The molecule has 132 valence electrons. The molecule has 0 aliphatic carbocycles. The van der Waals surface area contributed by atoms with E-state index >= 15 is 0 Å². The van der Waals surface area contributed by atoms with E-state index in [1.807, 2.05) is 0 Å². The standard InChI is InChI=1S/C20H15ClF2N2O/c1-11-10-12(22)8-9-13(11)16-6-3-7-17(25-16)19(20(24)26)18-14(21)4-2-5-15(18)23/h2-10,19H,1H3,(H2,24,26). The number of benzene rings is 2. The molecule has 0 radical (unpaired) electrons. The molecule has 1 aromatic heterocycles. The summed E-state index contributed by atoms with van der Waals surface area (Å²) in [5.41, 5.74) is 7.70. The summed E-state index contributed by atoms with van der Waals surface area (Å²) in [5.74, 6) is -2.89. The topological polar surface area (TPSA) is 56.0 Å². The quantitative estimate of drug-likeness (QED) is 0.727. The molecule has 0 aliphatic heterocycles. The molecule has 0 saturated carbocycles. The summed E-state index contributed by atoms with van der Waals surface area (Å²) < 4.78 is 27.7. The second-order valence-electron chi connectivity index (χ2n) is 5.88. The summed E-state index contributed by atoms with van der Waals surface area (Å²) in [5, 5.41) is 0.0963. The summed E-state index contributed by atoms with van der Waals surface area (Å²) in [4.78, 5) is 16.5. The van der Waals surface area contributed by atoms with Gasteiger partial charge in [0.1, 0.15) is 17.6 Å². The molecule has 0 spiro atoms. The number of nitrogens with zero attached hydrogens (tertiary/aromatic N) is 1. The van der Waals surface area contributed by atoms with Crippen LogP contribution in [0.4, 0.5) is 8.78 Å². The molecule has 1 heterocycles. The monoisotopic (exact) mass is 372 g/mol. The lowest BCUT2D eigenvalue weighted by molar-refractivity contribution is -0.118. The molecule has 26 heavy (non-hydrogen) atoms. The summed E-state index contributed by atoms with van der Waals surface area (Å²) in [6, 6.07) is 13.5. The number of halogens is 3. The number of hydrogen-bond donors (Lipinski definition) is 1. The fourth-order valence-electron chi connectivity index (χ4n) is 2.90. The molecule has 0 saturated heterocycles. The lowest BCUT2D eigenvalue weighted by Crippen LogP contribution is -2.24. The number of hydrogen-bond acceptors (Lipinski definition) is 2. The molecule has 1 amide bonds. The van der Waals surface area contributed by atoms with Gasteiger partial charge >= 0.3 is 0 Å². The smallest absolute Gasteiger partial charge is 0.231 e. The maximum Gasteiger partial charge on any atom is 0.231 e. The van der Waals surface area contributed by atoms with Gasteiger partial charge in [0.25, 0.3) is 0 Å². The molecule has 3 rings (SSSR count). The van der Waals surface area contributed by atoms with Crippen LogP contribution in [0.5, 0.6) is 0 Å². The predicted octanol–water partition coefficient (Wildman–Crippen LogP) is 4.61. The fourth-order valence-corrected chi connectivity index (χ4v) is 3.17. The highest BCUT2D eigenvalue weighted by Crippen LogP contribution is 2.33. The van der Waals surface area contributed by atoms with Gasteiger partial charge in [-0.3, -0.25) is 9.78 Å². The van der Waals surface area contributed by atoms with Crippen molar-refractivity contribution in [2.45, 2.75) is 12.8 Å². The molecular formula is C20H15ClF2N2O. The Labute approximate surface area is 154 Å². The summed E-state index contributed by atoms with van der Waals surface area (Å²) in [6.45, 7) is 1.76. The van der Waals surface area contributed by atoms with Crippen LogP contribution in [0.25, 0.3) is 11.3 Å². The molecule has 0 fully saturated rings. The van der Waals surface area contributed by atoms with Crippen molar-refractivity contribution in [2.75, 3.05) is 0 Å². The van der Waals surface area contributed by atoms with Gasteiger partial charge < -0.3 is 5.73 Å². The average Bonchev–Trinajstić information content (AvgIpc) is 2.58. The van der Waals surface area contributed by atoms with Gasteiger partial charge in [0.2, 0.25) is 5.91 Å². The van der Waals surface area contributed by atoms with E-state index in [1.54, 1.807) is 31.2 Å². The van der Waals surface area contributed by atoms with E-state index < -0.39 is 17.6 Å². The number of pyridine rings is 1. The Kier molecular flexibility index (Phi) is 5.00. The van der Waals surface area contributed by atoms with Gasteiger partial charge in [-0.1, -0.05) is 23.7 Å². The van der Waals surface area contributed by atoms with Crippen LogP contribution in [0.2, 0.25) is 5.02 Å². The van der Waals surface area contributed by atoms with Crippen LogP contribution in [-0.4, -0.2) is 10.9 Å². The Morgan fingerprint density at radius 1 is 1.12 bits per heavy atom. The third-order valence-electron chi connectivity index (χ3n) is 4.10. The van der Waals surface area contributed by atoms with E-state index in [-0.39, 0.29) is 22.1 Å². The molecule has 0 aliphatic rings. The molecule has 1 unspecified atom stereocenters. The zero-order valence-electron chi connectivity index (χ0n) is 13.8. The zero-order valence-corrected chi connectivity index (χ0v) is 14.6. The number of carbonyl (C=O) groups excluding carboxylic acids is 1. The summed E-state index contributed by atoms with van der Waals surface area (Å²) in [6.07, 6.45) is 0. The van der Waals surface area contributed by atoms with Crippen LogP contribution in [0, 0.1) is 18.6 Å². The normalized spacial score (nSPS) is 12.0. The van der Waals surface area contributed by atoms with Crippen LogP contribution in [0.3, 0.4) is 0 Å². The van der Waals surface area contributed by atoms with Gasteiger partial charge in [0.15, 0.2) is 0 Å². The minimum Gasteiger partial charge on any atom is -0.369 e. The van der Waals surface area contributed by atoms with E-state index in [2.05, 4.69) is 4.98 Å². The Hall–Kier alpha value is -2.79. The third-order valence-corrected chi connectivity index (χ3v) is 4.43. The number of aryl methyl sites for hydroxylation is 1. The second-order valence-corrected chi connectivity index (χ2v) is 6.28. The lowest BCUT2D eigenvalue weighted by atomic mass is 9.93. The Morgan fingerprint density at radius 2 is 1.85 bits per heavy atom. The first-order valence-electron chi connectivity index (χ1n) is 7.85. The van der Waals surface area contributed by atoms with E-state index in [4.69, 9.17) is 17.3 Å². The highest BCUT2D eigenvalue weighted by molar-refractivity contribution is 6.31. The van der Waals surface area contributed by atoms with Gasteiger partial charge in [-0.05, 0) is 55.0 Å². The van der Waals surface area contributed by atoms with Crippen molar-refractivity contribution in [1.82, 2.24) is 4.98 Å². The van der Waals surface area contributed by atoms with Crippen molar-refractivity contribution in [1.29, 1.82) is 0 Å². The minimum atomic E-state index is -1.13. The molecule has 0 bridgehead atoms. The van der Waals surface area contributed by atoms with Crippen LogP contribution < -0.4 is 5.73 Å². The molecule has 1 atom stereocenters. The van der Waals surface area contributed by atoms with Gasteiger partial charge in [0.05, 0.1) is 11.4 Å². The van der Waals surface area contributed by atoms with Crippen molar-refractivity contribution >= 4 is 17.5 Å². The number of aromatic nitrogens is 1. The number of rotatable bonds is 4. The average molecular weight is 373 g/mol. The number of amides is 1. The Balaban J connectivity index is 2.14. The number of nitrogens with two attached hydrogens (primary N) is 1. The Bertz CT molecular complexity index is 971. The first-order chi connectivity index (χ1) is 12.4. The highest BCUT2D eigenvalue weighted by atomic mass is 35.5. The molecule has 3 aromatic rings. The molecule has 6 heteroatoms. The van der Waals surface area contributed by atoms with Crippen LogP contribution in [0.1, 0.15) is 22.7 Å². The first kappa shape index (κ1) is 18.0. The lowest BCUT2D eigenvalue weighted by Gasteiger charge is -2.17. The van der Waals surface area contributed by atoms with Crippen molar-refractivity contribution in [3.63, 3.8) is 0 Å². The summed E-state index contributed by atoms with van der Waals surface area (Å²) in [7, 11) is 0. The van der Waals surface area contributed by atoms with E-state index in [9.17, 15) is 13.6 Å². The maximum absolute atomic E-state index is 14.3. The number of primary amides is 1. The zero-order chi connectivity index (χ0) is 18.8. The Morgan fingerprint density at radius 3 is 2.50 bits per heavy atom. The second kappa shape index (κ2) is 7.22. The molecule has 2 N–H and O–H groups in total. The maximum atomic E-state index is 14.3. The SMILES string of the molecule is Cc1cc(F)ccc1-c1cccc(C(C(N)=O)c2c(F)cccc2Cl)n1. The van der Waals surface area contributed by atoms with Crippen LogP contribution in [0.15, 0.2) is 54.6 Å². The predicted molar refractivity (Wildman–Crippen MR) is 96.8 cm³/mol. The van der Waals surface area contributed by atoms with Crippen molar-refractivity contribution in [3.8, 4) is 11.3 Å². The first-order valence-corrected chi connectivity index (χ1v) is 8.23. The minimum absolute atomic E-state index is 0.0119. The number of carbonyl (C=O) groups is 1. The fraction of sp³-hybridized carbons (Fsp3) is 0.100. The van der Waals surface area contributed by atoms with Crippen molar-refractivity contribution in [2.24, 2.45) is 5.73 Å². The van der Waals surface area contributed by atoms with Crippen LogP contribution >= 0.6 is 11.6 Å². The molecular weight excluding hydrogens is 358 g/mol. The summed E-state index contributed by atoms with van der Waals surface area (Å²) >= 11 is 6.10. The van der Waals surface area contributed by atoms with Gasteiger partial charge in [-0.25, -0.2) is 8.78 Å². The van der Waals surface area contributed by atoms with E-state index in [1.165, 1.54) is 30.3 Å². The van der Waals surface area contributed by atoms with Gasteiger partial charge in [0, 0.05) is 16.1 Å². The van der Waals surface area contributed by atoms with Crippen LogP contribution in [-0.2, 0) is 4.79 Å². The van der Waals surface area contributed by atoms with Crippen molar-refractivity contribution < 1.29 is 13.6 Å². The van der Waals surface area contributed by atoms with Gasteiger partial charge in [-0.2, -0.15) is 0 Å². The molecule has 3 nitrogen and oxygen atoms in total. The molecule has 2 aromatic carbocycles. The highest BCUT2D eigenvalue weighted by Gasteiger charge is 2.27. The third kappa shape index (κ3) is 3.44. The largest absolute Gasteiger partial charge is 0.369 e. The van der Waals surface area contributed by atoms with Crippen molar-refractivity contribution in [3.05, 3.63) is 88.1 Å². The van der Waals surface area contributed by atoms with E-state index in [0.29, 0.717) is 16.8 Å².